The summed E-state index contributed by atoms with van der Waals surface area (Å²) in [6.07, 6.45) is -4.56. The largest absolute Gasteiger partial charge is 0.456 e. The second kappa shape index (κ2) is 11.5. The molecular weight excluding hydrogens is 461 g/mol. The van der Waals surface area contributed by atoms with Gasteiger partial charge in [-0.2, -0.15) is 13.2 Å². The van der Waals surface area contributed by atoms with Crippen molar-refractivity contribution in [3.05, 3.63) is 57.1 Å². The Labute approximate surface area is 185 Å². The van der Waals surface area contributed by atoms with Gasteiger partial charge in [-0.15, -0.1) is 0 Å². The number of halogens is 4. The van der Waals surface area contributed by atoms with E-state index in [0.29, 0.717) is 0 Å². The van der Waals surface area contributed by atoms with Crippen molar-refractivity contribution in [2.75, 3.05) is 39.0 Å². The van der Waals surface area contributed by atoms with E-state index in [1.54, 1.807) is 0 Å². The Bertz CT molecular complexity index is 957. The maximum atomic E-state index is 12.8. The van der Waals surface area contributed by atoms with Gasteiger partial charge >= 0.3 is 12.1 Å². The van der Waals surface area contributed by atoms with Crippen LogP contribution in [0.25, 0.3) is 0 Å². The Morgan fingerprint density at radius 1 is 1.22 bits per heavy atom. The number of hydrogen-bond donors (Lipinski definition) is 1. The highest BCUT2D eigenvalue weighted by molar-refractivity contribution is 6.32. The first kappa shape index (κ1) is 25.2. The van der Waals surface area contributed by atoms with Gasteiger partial charge in [0.25, 0.3) is 5.69 Å². The van der Waals surface area contributed by atoms with Gasteiger partial charge in [-0.1, -0.05) is 11.6 Å². The third kappa shape index (κ3) is 7.55. The van der Waals surface area contributed by atoms with E-state index < -0.39 is 22.6 Å². The lowest BCUT2D eigenvalue weighted by Gasteiger charge is -2.13. The molecule has 0 unspecified atom stereocenters. The molecule has 1 N–H and O–H groups in total. The highest BCUT2D eigenvalue weighted by atomic mass is 35.5. The molecule has 2 rings (SSSR count). The molecule has 9 nitrogen and oxygen atoms in total. The molecular formula is C19H18ClF3N2O7. The fraction of sp³-hybridized carbons (Fsp3) is 0.316. The summed E-state index contributed by atoms with van der Waals surface area (Å²) < 4.78 is 58.0. The zero-order chi connectivity index (χ0) is 23.7. The molecule has 0 bridgehead atoms. The first-order valence-electron chi connectivity index (χ1n) is 8.91. The lowest BCUT2D eigenvalue weighted by atomic mass is 10.2. The lowest BCUT2D eigenvalue weighted by molar-refractivity contribution is -0.384. The maximum Gasteiger partial charge on any atom is 0.416 e. The Kier molecular flexibility index (Phi) is 9.05. The van der Waals surface area contributed by atoms with E-state index in [0.717, 1.165) is 18.2 Å². The zero-order valence-electron chi connectivity index (χ0n) is 16.6. The van der Waals surface area contributed by atoms with E-state index in [9.17, 15) is 28.1 Å². The molecule has 0 radical (unpaired) electrons. The summed E-state index contributed by atoms with van der Waals surface area (Å²) in [6, 6.07) is 6.31. The number of nitro groups is 1. The Morgan fingerprint density at radius 3 is 2.59 bits per heavy atom. The first-order valence-corrected chi connectivity index (χ1v) is 9.29. The van der Waals surface area contributed by atoms with Crippen molar-refractivity contribution in [3.8, 4) is 11.5 Å². The van der Waals surface area contributed by atoms with Crippen molar-refractivity contribution < 1.29 is 41.8 Å². The average Bonchev–Trinajstić information content (AvgIpc) is 2.72. The van der Waals surface area contributed by atoms with Crippen molar-refractivity contribution in [1.82, 2.24) is 0 Å². The number of alkyl halides is 3. The molecule has 32 heavy (non-hydrogen) atoms. The van der Waals surface area contributed by atoms with E-state index in [1.165, 1.54) is 25.3 Å². The van der Waals surface area contributed by atoms with Crippen LogP contribution in [0.4, 0.5) is 24.5 Å². The minimum Gasteiger partial charge on any atom is -0.456 e. The van der Waals surface area contributed by atoms with Gasteiger partial charge in [0.1, 0.15) is 23.8 Å². The van der Waals surface area contributed by atoms with Crippen LogP contribution >= 0.6 is 11.6 Å². The van der Waals surface area contributed by atoms with Gasteiger partial charge in [-0.05, 0) is 24.3 Å². The SMILES string of the molecule is COCOC(=O)COCCNc1cc(Oc2ccc(C(F)(F)F)cc2Cl)ccc1[N+](=O)[O-]. The van der Waals surface area contributed by atoms with E-state index in [1.807, 2.05) is 0 Å². The monoisotopic (exact) mass is 478 g/mol. The molecule has 0 amide bonds. The van der Waals surface area contributed by atoms with Crippen molar-refractivity contribution in [1.29, 1.82) is 0 Å². The number of nitrogens with zero attached hydrogens (tertiary/aromatic N) is 1. The van der Waals surface area contributed by atoms with Crippen molar-refractivity contribution in [2.45, 2.75) is 6.18 Å². The third-order valence-corrected chi connectivity index (χ3v) is 4.07. The topological polar surface area (TPSA) is 109 Å². The molecule has 174 valence electrons. The first-order chi connectivity index (χ1) is 15.1. The number of nitro benzene ring substituents is 1. The summed E-state index contributed by atoms with van der Waals surface area (Å²) in [5.74, 6) is -0.595. The molecule has 0 spiro atoms. The van der Waals surface area contributed by atoms with Crippen LogP contribution in [0.1, 0.15) is 5.56 Å². The number of hydrogen-bond acceptors (Lipinski definition) is 8. The second-order valence-electron chi connectivity index (χ2n) is 6.08. The minimum atomic E-state index is -4.56. The van der Waals surface area contributed by atoms with Gasteiger partial charge in [0.05, 0.1) is 22.1 Å². The van der Waals surface area contributed by atoms with Crippen LogP contribution in [0.15, 0.2) is 36.4 Å². The van der Waals surface area contributed by atoms with Gasteiger partial charge in [-0.25, -0.2) is 4.79 Å². The van der Waals surface area contributed by atoms with Crippen LogP contribution in [0.2, 0.25) is 5.02 Å². The van der Waals surface area contributed by atoms with Gasteiger partial charge in [0.2, 0.25) is 0 Å². The predicted molar refractivity (Wildman–Crippen MR) is 107 cm³/mol. The van der Waals surface area contributed by atoms with Crippen LogP contribution in [-0.4, -0.2) is 44.6 Å². The van der Waals surface area contributed by atoms with Crippen molar-refractivity contribution >= 4 is 28.9 Å². The summed E-state index contributed by atoms with van der Waals surface area (Å²) in [5.41, 5.74) is -1.14. The number of rotatable bonds is 11. The van der Waals surface area contributed by atoms with Crippen LogP contribution in [0.5, 0.6) is 11.5 Å². The van der Waals surface area contributed by atoms with Gasteiger partial charge < -0.3 is 24.3 Å². The number of carbonyl (C=O) groups excluding carboxylic acids is 1. The van der Waals surface area contributed by atoms with E-state index in [2.05, 4.69) is 14.8 Å². The summed E-state index contributed by atoms with van der Waals surface area (Å²) in [7, 11) is 1.36. The summed E-state index contributed by atoms with van der Waals surface area (Å²) in [5, 5.41) is 13.7. The minimum absolute atomic E-state index is 0.0229. The van der Waals surface area contributed by atoms with Crippen LogP contribution in [0, 0.1) is 10.1 Å². The molecule has 0 saturated heterocycles. The maximum absolute atomic E-state index is 12.8. The number of carbonyl (C=O) groups is 1. The molecule has 0 aromatic heterocycles. The molecule has 0 atom stereocenters. The molecule has 13 heteroatoms. The van der Waals surface area contributed by atoms with Crippen molar-refractivity contribution in [2.24, 2.45) is 0 Å². The number of anilines is 1. The Hall–Kier alpha value is -3.09. The summed E-state index contributed by atoms with van der Waals surface area (Å²) in [6.45, 7) is -0.414. The lowest BCUT2D eigenvalue weighted by Crippen LogP contribution is -2.17. The summed E-state index contributed by atoms with van der Waals surface area (Å²) >= 11 is 5.87. The van der Waals surface area contributed by atoms with E-state index in [-0.39, 0.29) is 54.4 Å². The van der Waals surface area contributed by atoms with E-state index >= 15 is 0 Å². The smallest absolute Gasteiger partial charge is 0.416 e. The normalized spacial score (nSPS) is 11.2. The third-order valence-electron chi connectivity index (χ3n) is 3.77. The van der Waals surface area contributed by atoms with Gasteiger partial charge in [-0.3, -0.25) is 10.1 Å². The number of nitrogens with one attached hydrogen (secondary N) is 1. The molecule has 0 heterocycles. The fourth-order valence-corrected chi connectivity index (χ4v) is 2.57. The quantitative estimate of drug-likeness (QED) is 0.164. The average molecular weight is 479 g/mol. The second-order valence-corrected chi connectivity index (χ2v) is 6.49. The van der Waals surface area contributed by atoms with Crippen LogP contribution < -0.4 is 10.1 Å². The van der Waals surface area contributed by atoms with Crippen molar-refractivity contribution in [3.63, 3.8) is 0 Å². The predicted octanol–water partition coefficient (Wildman–Crippen LogP) is 4.63. The van der Waals surface area contributed by atoms with Gasteiger partial charge in [0, 0.05) is 25.8 Å². The molecule has 0 aliphatic rings. The standard InChI is InChI=1S/C19H18ClF3N2O7/c1-29-11-31-18(26)10-30-7-6-24-15-9-13(3-4-16(15)25(27)28)32-17-5-2-12(8-14(17)20)19(21,22)23/h2-5,8-9,24H,6-7,10-11H2,1H3. The van der Waals surface area contributed by atoms with E-state index in [4.69, 9.17) is 21.1 Å². The number of methoxy groups -OCH3 is 1. The number of esters is 1. The Balaban J connectivity index is 2.03. The van der Waals surface area contributed by atoms with Gasteiger partial charge in [0.15, 0.2) is 6.79 Å². The summed E-state index contributed by atoms with van der Waals surface area (Å²) in [4.78, 5) is 21.9. The molecule has 0 saturated carbocycles. The Morgan fingerprint density at radius 2 is 1.97 bits per heavy atom. The molecule has 0 aliphatic carbocycles. The molecule has 2 aromatic carbocycles. The molecule has 0 aliphatic heterocycles. The van der Waals surface area contributed by atoms with Crippen LogP contribution in [-0.2, 0) is 25.2 Å². The highest BCUT2D eigenvalue weighted by Gasteiger charge is 2.31. The highest BCUT2D eigenvalue weighted by Crippen LogP contribution is 2.37. The zero-order valence-corrected chi connectivity index (χ0v) is 17.4. The number of ether oxygens (including phenoxy) is 4. The molecule has 0 fully saturated rings. The van der Waals surface area contributed by atoms with Crippen LogP contribution in [0.3, 0.4) is 0 Å². The fourth-order valence-electron chi connectivity index (χ4n) is 2.35. The molecule has 2 aromatic rings. The number of benzene rings is 2.